The number of pyridine rings is 1. The largest absolute Gasteiger partial charge is 0.444 e. The van der Waals surface area contributed by atoms with Gasteiger partial charge in [0.05, 0.1) is 5.60 Å². The summed E-state index contributed by atoms with van der Waals surface area (Å²) >= 11 is 3.50. The second-order valence-electron chi connectivity index (χ2n) is 8.04. The van der Waals surface area contributed by atoms with Crippen LogP contribution in [-0.2, 0) is 10.3 Å². The molecule has 1 N–H and O–H groups in total. The number of aliphatic hydroxyl groups is 1. The summed E-state index contributed by atoms with van der Waals surface area (Å²) in [5, 5.41) is 11.2. The Morgan fingerprint density at radius 3 is 2.79 bits per heavy atom. The SMILES string of the molecule is CC(C)(C)OC(=O)N1CC2CCC(O)(c3ccncc3Br)CC2C1. The van der Waals surface area contributed by atoms with Gasteiger partial charge in [0.15, 0.2) is 0 Å². The molecule has 6 heteroatoms. The van der Waals surface area contributed by atoms with Crippen LogP contribution in [0.3, 0.4) is 0 Å². The molecule has 2 aliphatic rings. The minimum Gasteiger partial charge on any atom is -0.444 e. The van der Waals surface area contributed by atoms with E-state index in [0.717, 1.165) is 23.0 Å². The Labute approximate surface area is 151 Å². The van der Waals surface area contributed by atoms with E-state index in [4.69, 9.17) is 4.74 Å². The van der Waals surface area contributed by atoms with Gasteiger partial charge in [-0.1, -0.05) is 0 Å². The second-order valence-corrected chi connectivity index (χ2v) is 8.89. The molecule has 0 bridgehead atoms. The molecule has 1 aliphatic carbocycles. The third-order valence-electron chi connectivity index (χ3n) is 5.03. The van der Waals surface area contributed by atoms with Gasteiger partial charge in [0, 0.05) is 35.5 Å². The van der Waals surface area contributed by atoms with Gasteiger partial charge in [-0.3, -0.25) is 4.98 Å². The Balaban J connectivity index is 1.71. The van der Waals surface area contributed by atoms with Gasteiger partial charge >= 0.3 is 6.09 Å². The van der Waals surface area contributed by atoms with Crippen molar-refractivity contribution in [3.8, 4) is 0 Å². The van der Waals surface area contributed by atoms with Crippen molar-refractivity contribution in [1.82, 2.24) is 9.88 Å². The lowest BCUT2D eigenvalue weighted by Crippen LogP contribution is -2.37. The van der Waals surface area contributed by atoms with Gasteiger partial charge in [-0.05, 0) is 73.9 Å². The maximum absolute atomic E-state index is 12.3. The zero-order valence-electron chi connectivity index (χ0n) is 14.5. The smallest absolute Gasteiger partial charge is 0.410 e. The maximum Gasteiger partial charge on any atom is 0.410 e. The van der Waals surface area contributed by atoms with Gasteiger partial charge in [0.25, 0.3) is 0 Å². The monoisotopic (exact) mass is 396 g/mol. The number of halogens is 1. The first-order chi connectivity index (χ1) is 11.2. The number of carbonyl (C=O) groups is 1. The molecule has 0 aromatic carbocycles. The molecule has 3 unspecified atom stereocenters. The van der Waals surface area contributed by atoms with Crippen LogP contribution >= 0.6 is 15.9 Å². The number of ether oxygens (including phenoxy) is 1. The van der Waals surface area contributed by atoms with E-state index < -0.39 is 11.2 Å². The summed E-state index contributed by atoms with van der Waals surface area (Å²) in [4.78, 5) is 18.2. The van der Waals surface area contributed by atoms with E-state index in [1.807, 2.05) is 26.8 Å². The van der Waals surface area contributed by atoms with E-state index >= 15 is 0 Å². The fourth-order valence-corrected chi connectivity index (χ4v) is 4.55. The summed E-state index contributed by atoms with van der Waals surface area (Å²) in [6, 6.07) is 1.88. The van der Waals surface area contributed by atoms with Crippen LogP contribution in [0.1, 0.15) is 45.6 Å². The van der Waals surface area contributed by atoms with E-state index in [1.165, 1.54) is 0 Å². The van der Waals surface area contributed by atoms with Gasteiger partial charge in [-0.2, -0.15) is 0 Å². The van der Waals surface area contributed by atoms with Crippen molar-refractivity contribution >= 4 is 22.0 Å². The first-order valence-corrected chi connectivity index (χ1v) is 9.27. The number of carbonyl (C=O) groups excluding carboxylic acids is 1. The van der Waals surface area contributed by atoms with Gasteiger partial charge < -0.3 is 14.7 Å². The van der Waals surface area contributed by atoms with Gasteiger partial charge in [0.2, 0.25) is 0 Å². The van der Waals surface area contributed by atoms with Crippen molar-refractivity contribution in [3.05, 3.63) is 28.5 Å². The Bertz CT molecular complexity index is 631. The lowest BCUT2D eigenvalue weighted by Gasteiger charge is -2.38. The predicted octanol–water partition coefficient (Wildman–Crippen LogP) is 3.70. The zero-order chi connectivity index (χ0) is 17.5. The van der Waals surface area contributed by atoms with Crippen LogP contribution in [-0.4, -0.2) is 39.8 Å². The van der Waals surface area contributed by atoms with E-state index in [0.29, 0.717) is 31.2 Å². The molecule has 1 amide bonds. The third kappa shape index (κ3) is 3.59. The lowest BCUT2D eigenvalue weighted by molar-refractivity contribution is -0.0309. The maximum atomic E-state index is 12.3. The highest BCUT2D eigenvalue weighted by Crippen LogP contribution is 2.47. The van der Waals surface area contributed by atoms with E-state index in [2.05, 4.69) is 20.9 Å². The number of fused-ring (bicyclic) bond motifs is 1. The van der Waals surface area contributed by atoms with Crippen LogP contribution < -0.4 is 0 Å². The molecule has 1 aromatic rings. The number of hydrogen-bond acceptors (Lipinski definition) is 4. The molecular weight excluding hydrogens is 372 g/mol. The highest BCUT2D eigenvalue weighted by atomic mass is 79.9. The van der Waals surface area contributed by atoms with E-state index in [9.17, 15) is 9.90 Å². The van der Waals surface area contributed by atoms with Crippen LogP contribution in [0.5, 0.6) is 0 Å². The third-order valence-corrected chi connectivity index (χ3v) is 5.66. The number of likely N-dealkylation sites (tertiary alicyclic amines) is 1. The van der Waals surface area contributed by atoms with Crippen LogP contribution in [0, 0.1) is 11.8 Å². The molecule has 132 valence electrons. The first kappa shape index (κ1) is 17.7. The molecule has 3 atom stereocenters. The second kappa shape index (κ2) is 6.30. The molecule has 1 aromatic heterocycles. The summed E-state index contributed by atoms with van der Waals surface area (Å²) in [6.07, 6.45) is 5.48. The van der Waals surface area contributed by atoms with Crippen molar-refractivity contribution in [2.24, 2.45) is 11.8 Å². The Kier molecular flexibility index (Phi) is 4.64. The molecule has 0 spiro atoms. The number of rotatable bonds is 1. The summed E-state index contributed by atoms with van der Waals surface area (Å²) < 4.78 is 6.33. The molecule has 5 nitrogen and oxygen atoms in total. The minimum atomic E-state index is -0.854. The summed E-state index contributed by atoms with van der Waals surface area (Å²) in [6.45, 7) is 7.03. The Hall–Kier alpha value is -1.14. The van der Waals surface area contributed by atoms with Crippen molar-refractivity contribution in [2.75, 3.05) is 13.1 Å². The number of aromatic nitrogens is 1. The normalized spacial score (nSPS) is 30.1. The Morgan fingerprint density at radius 1 is 1.42 bits per heavy atom. The highest BCUT2D eigenvalue weighted by molar-refractivity contribution is 9.10. The summed E-state index contributed by atoms with van der Waals surface area (Å²) in [5.41, 5.74) is -0.438. The lowest BCUT2D eigenvalue weighted by atomic mass is 9.70. The van der Waals surface area contributed by atoms with Gasteiger partial charge in [-0.15, -0.1) is 0 Å². The molecule has 3 rings (SSSR count). The molecule has 0 radical (unpaired) electrons. The van der Waals surface area contributed by atoms with E-state index in [1.54, 1.807) is 17.3 Å². The van der Waals surface area contributed by atoms with Crippen molar-refractivity contribution in [3.63, 3.8) is 0 Å². The van der Waals surface area contributed by atoms with Gasteiger partial charge in [0.1, 0.15) is 5.60 Å². The van der Waals surface area contributed by atoms with Crippen molar-refractivity contribution in [2.45, 2.75) is 51.2 Å². The van der Waals surface area contributed by atoms with Crippen LogP contribution in [0.4, 0.5) is 4.79 Å². The molecule has 24 heavy (non-hydrogen) atoms. The van der Waals surface area contributed by atoms with Crippen molar-refractivity contribution in [1.29, 1.82) is 0 Å². The average Bonchev–Trinajstić information content (AvgIpc) is 2.88. The zero-order valence-corrected chi connectivity index (χ0v) is 16.0. The quantitative estimate of drug-likeness (QED) is 0.785. The molecular formula is C18H25BrN2O3. The molecule has 1 aliphatic heterocycles. The number of amides is 1. The fourth-order valence-electron chi connectivity index (χ4n) is 3.93. The Morgan fingerprint density at radius 2 is 2.12 bits per heavy atom. The predicted molar refractivity (Wildman–Crippen MR) is 94.5 cm³/mol. The molecule has 2 heterocycles. The fraction of sp³-hybridized carbons (Fsp3) is 0.667. The number of hydrogen-bond donors (Lipinski definition) is 1. The topological polar surface area (TPSA) is 62.7 Å². The molecule has 1 saturated heterocycles. The van der Waals surface area contributed by atoms with E-state index in [-0.39, 0.29) is 6.09 Å². The van der Waals surface area contributed by atoms with Crippen LogP contribution in [0.2, 0.25) is 0 Å². The molecule has 1 saturated carbocycles. The van der Waals surface area contributed by atoms with Gasteiger partial charge in [-0.25, -0.2) is 4.79 Å². The standard InChI is InChI=1S/C18H25BrN2O3/c1-17(2,3)24-16(22)21-10-12-4-6-18(23,8-13(12)11-21)14-5-7-20-9-15(14)19/h5,7,9,12-13,23H,4,6,8,10-11H2,1-3H3. The van der Waals surface area contributed by atoms with Crippen molar-refractivity contribution < 1.29 is 14.6 Å². The highest BCUT2D eigenvalue weighted by Gasteiger charge is 2.46. The minimum absolute atomic E-state index is 0.245. The number of nitrogens with zero attached hydrogens (tertiary/aromatic N) is 2. The van der Waals surface area contributed by atoms with Crippen LogP contribution in [0.25, 0.3) is 0 Å². The van der Waals surface area contributed by atoms with Crippen LogP contribution in [0.15, 0.2) is 22.9 Å². The average molecular weight is 397 g/mol. The molecule has 2 fully saturated rings. The summed E-state index contributed by atoms with van der Waals surface area (Å²) in [7, 11) is 0. The first-order valence-electron chi connectivity index (χ1n) is 8.48. The summed E-state index contributed by atoms with van der Waals surface area (Å²) in [5.74, 6) is 0.745.